The quantitative estimate of drug-likeness (QED) is 0.792. The molecule has 0 saturated carbocycles. The molecule has 1 saturated heterocycles. The first-order chi connectivity index (χ1) is 14.8. The molecule has 2 aromatic carbocycles. The number of sulfone groups is 1. The average Bonchev–Trinajstić information content (AvgIpc) is 3.18. The zero-order valence-electron chi connectivity index (χ0n) is 17.5. The summed E-state index contributed by atoms with van der Waals surface area (Å²) in [5.74, 6) is 0. The van der Waals surface area contributed by atoms with Crippen LogP contribution in [0, 0.1) is 11.3 Å². The number of nitrogens with one attached hydrogen (secondary N) is 1. The smallest absolute Gasteiger partial charge is 0.322 e. The van der Waals surface area contributed by atoms with E-state index in [1.165, 1.54) is 6.26 Å². The molecule has 2 aliphatic rings. The molecule has 4 rings (SSSR count). The molecule has 8 heteroatoms. The summed E-state index contributed by atoms with van der Waals surface area (Å²) >= 11 is 0. The van der Waals surface area contributed by atoms with E-state index in [1.54, 1.807) is 23.1 Å². The van der Waals surface area contributed by atoms with E-state index in [0.717, 1.165) is 49.3 Å². The third kappa shape index (κ3) is 4.89. The van der Waals surface area contributed by atoms with Gasteiger partial charge in [0.15, 0.2) is 9.84 Å². The Bertz CT molecular complexity index is 1130. The van der Waals surface area contributed by atoms with E-state index >= 15 is 0 Å². The molecule has 2 aromatic rings. The number of rotatable bonds is 4. The summed E-state index contributed by atoms with van der Waals surface area (Å²) in [7, 11) is -3.26. The minimum absolute atomic E-state index is 0.119. The van der Waals surface area contributed by atoms with Crippen molar-refractivity contribution < 1.29 is 13.2 Å². The minimum Gasteiger partial charge on any atom is -0.335 e. The highest BCUT2D eigenvalue weighted by Gasteiger charge is 2.28. The first kappa shape index (κ1) is 21.3. The van der Waals surface area contributed by atoms with Crippen LogP contribution in [-0.2, 0) is 22.8 Å². The van der Waals surface area contributed by atoms with E-state index in [1.807, 2.05) is 24.3 Å². The summed E-state index contributed by atoms with van der Waals surface area (Å²) in [6.45, 7) is 3.13. The zero-order valence-corrected chi connectivity index (χ0v) is 18.4. The summed E-state index contributed by atoms with van der Waals surface area (Å²) < 4.78 is 23.5. The summed E-state index contributed by atoms with van der Waals surface area (Å²) in [5, 5.41) is 12.2. The number of benzene rings is 2. The molecule has 2 amide bonds. The Balaban J connectivity index is 1.32. The fourth-order valence-corrected chi connectivity index (χ4v) is 4.98. The van der Waals surface area contributed by atoms with Gasteiger partial charge in [-0.15, -0.1) is 0 Å². The van der Waals surface area contributed by atoms with Crippen LogP contribution in [-0.4, -0.2) is 51.3 Å². The Hall–Kier alpha value is -2.89. The van der Waals surface area contributed by atoms with Gasteiger partial charge in [-0.3, -0.25) is 9.80 Å². The lowest BCUT2D eigenvalue weighted by Gasteiger charge is -2.33. The van der Waals surface area contributed by atoms with Crippen LogP contribution in [0.2, 0.25) is 0 Å². The van der Waals surface area contributed by atoms with Gasteiger partial charge in [0, 0.05) is 44.2 Å². The van der Waals surface area contributed by atoms with Gasteiger partial charge >= 0.3 is 6.03 Å². The van der Waals surface area contributed by atoms with Gasteiger partial charge in [0.2, 0.25) is 0 Å². The Labute approximate surface area is 183 Å². The van der Waals surface area contributed by atoms with Crippen molar-refractivity contribution in [1.82, 2.24) is 10.2 Å². The van der Waals surface area contributed by atoms with E-state index in [9.17, 15) is 13.2 Å². The molecule has 2 aliphatic heterocycles. The van der Waals surface area contributed by atoms with Crippen LogP contribution in [0.15, 0.2) is 47.4 Å². The number of likely N-dealkylation sites (tertiary alicyclic amines) is 1. The van der Waals surface area contributed by atoms with Crippen molar-refractivity contribution in [3.8, 4) is 6.07 Å². The maximum absolute atomic E-state index is 12.9. The summed E-state index contributed by atoms with van der Waals surface area (Å²) in [5.41, 5.74) is 3.49. The molecule has 2 heterocycles. The predicted molar refractivity (Wildman–Crippen MR) is 119 cm³/mol. The number of nitrogens with zero attached hydrogens (tertiary/aromatic N) is 3. The molecule has 162 valence electrons. The standard InChI is InChI=1S/C23H26N4O3S/c1-31(29,30)21-5-6-22-19(14-21)7-12-27(22)23(28)25-20-8-10-26(11-9-20)16-18-4-2-3-17(13-18)15-24/h2-6,13-14,20H,7-12,16H2,1H3,(H,25,28). The predicted octanol–water partition coefficient (Wildman–Crippen LogP) is 2.70. The topological polar surface area (TPSA) is 93.5 Å². The van der Waals surface area contributed by atoms with Gasteiger partial charge < -0.3 is 5.32 Å². The highest BCUT2D eigenvalue weighted by molar-refractivity contribution is 7.90. The molecule has 31 heavy (non-hydrogen) atoms. The monoisotopic (exact) mass is 438 g/mol. The number of carbonyl (C=O) groups excluding carboxylic acids is 1. The van der Waals surface area contributed by atoms with Crippen LogP contribution < -0.4 is 10.2 Å². The lowest BCUT2D eigenvalue weighted by molar-refractivity contribution is 0.188. The molecular formula is C23H26N4O3S. The first-order valence-corrected chi connectivity index (χ1v) is 12.3. The Morgan fingerprint density at radius 2 is 1.94 bits per heavy atom. The van der Waals surface area contributed by atoms with Crippen LogP contribution in [0.4, 0.5) is 10.5 Å². The number of anilines is 1. The first-order valence-electron chi connectivity index (χ1n) is 10.5. The maximum Gasteiger partial charge on any atom is 0.322 e. The number of carbonyl (C=O) groups is 1. The number of piperidine rings is 1. The van der Waals surface area contributed by atoms with Gasteiger partial charge in [-0.2, -0.15) is 5.26 Å². The summed E-state index contributed by atoms with van der Waals surface area (Å²) in [6, 6.07) is 14.8. The number of amides is 2. The van der Waals surface area contributed by atoms with Gasteiger partial charge in [0.25, 0.3) is 0 Å². The molecule has 0 aromatic heterocycles. The second-order valence-corrected chi connectivity index (χ2v) is 10.3. The van der Waals surface area contributed by atoms with Crippen LogP contribution >= 0.6 is 0 Å². The zero-order chi connectivity index (χ0) is 22.0. The van der Waals surface area contributed by atoms with Crippen molar-refractivity contribution in [3.63, 3.8) is 0 Å². The maximum atomic E-state index is 12.9. The lowest BCUT2D eigenvalue weighted by Crippen LogP contribution is -2.48. The Morgan fingerprint density at radius 1 is 1.16 bits per heavy atom. The number of hydrogen-bond acceptors (Lipinski definition) is 5. The SMILES string of the molecule is CS(=O)(=O)c1ccc2c(c1)CCN2C(=O)NC1CCN(Cc2cccc(C#N)c2)CC1. The van der Waals surface area contributed by atoms with E-state index in [4.69, 9.17) is 5.26 Å². The van der Waals surface area contributed by atoms with Gasteiger partial charge in [-0.05, 0) is 60.7 Å². The van der Waals surface area contributed by atoms with Gasteiger partial charge in [0.1, 0.15) is 0 Å². The third-order valence-electron chi connectivity index (χ3n) is 6.00. The van der Waals surface area contributed by atoms with E-state index in [2.05, 4.69) is 16.3 Å². The molecule has 1 fully saturated rings. The Morgan fingerprint density at radius 3 is 2.65 bits per heavy atom. The molecular weight excluding hydrogens is 412 g/mol. The molecule has 0 bridgehead atoms. The van der Waals surface area contributed by atoms with Crippen LogP contribution in [0.5, 0.6) is 0 Å². The molecule has 1 N–H and O–H groups in total. The van der Waals surface area contributed by atoms with Crippen molar-refractivity contribution >= 4 is 21.6 Å². The number of urea groups is 1. The minimum atomic E-state index is -3.26. The molecule has 0 radical (unpaired) electrons. The molecule has 0 spiro atoms. The van der Waals surface area contributed by atoms with Crippen LogP contribution in [0.25, 0.3) is 0 Å². The van der Waals surface area contributed by atoms with Crippen molar-refractivity contribution in [2.75, 3.05) is 30.8 Å². The second kappa shape index (κ2) is 8.69. The summed E-state index contributed by atoms with van der Waals surface area (Å²) in [4.78, 5) is 17.2. The third-order valence-corrected chi connectivity index (χ3v) is 7.11. The van der Waals surface area contributed by atoms with Gasteiger partial charge in [-0.25, -0.2) is 13.2 Å². The van der Waals surface area contributed by atoms with Crippen molar-refractivity contribution in [1.29, 1.82) is 5.26 Å². The fourth-order valence-electron chi connectivity index (χ4n) is 4.31. The second-order valence-electron chi connectivity index (χ2n) is 8.28. The van der Waals surface area contributed by atoms with E-state index in [0.29, 0.717) is 23.4 Å². The lowest BCUT2D eigenvalue weighted by atomic mass is 10.0. The highest BCUT2D eigenvalue weighted by atomic mass is 32.2. The Kier molecular flexibility index (Phi) is 5.99. The fraction of sp³-hybridized carbons (Fsp3) is 0.391. The molecule has 0 atom stereocenters. The van der Waals surface area contributed by atoms with Gasteiger partial charge in [-0.1, -0.05) is 12.1 Å². The number of hydrogen-bond donors (Lipinski definition) is 1. The largest absolute Gasteiger partial charge is 0.335 e. The van der Waals surface area contributed by atoms with Crippen molar-refractivity contribution in [2.45, 2.75) is 36.7 Å². The van der Waals surface area contributed by atoms with Crippen LogP contribution in [0.3, 0.4) is 0 Å². The van der Waals surface area contributed by atoms with E-state index < -0.39 is 9.84 Å². The number of fused-ring (bicyclic) bond motifs is 1. The molecule has 7 nitrogen and oxygen atoms in total. The van der Waals surface area contributed by atoms with Crippen molar-refractivity contribution in [3.05, 3.63) is 59.2 Å². The molecule has 0 aliphatic carbocycles. The highest BCUT2D eigenvalue weighted by Crippen LogP contribution is 2.30. The average molecular weight is 439 g/mol. The van der Waals surface area contributed by atoms with Crippen molar-refractivity contribution in [2.24, 2.45) is 0 Å². The van der Waals surface area contributed by atoms with Gasteiger partial charge in [0.05, 0.1) is 16.5 Å². The molecule has 0 unspecified atom stereocenters. The summed E-state index contributed by atoms with van der Waals surface area (Å²) in [6.07, 6.45) is 3.60. The van der Waals surface area contributed by atoms with E-state index in [-0.39, 0.29) is 12.1 Å². The normalized spacial score (nSPS) is 17.2. The number of nitriles is 1. The van der Waals surface area contributed by atoms with Crippen LogP contribution in [0.1, 0.15) is 29.5 Å².